The predicted molar refractivity (Wildman–Crippen MR) is 71.3 cm³/mol. The summed E-state index contributed by atoms with van der Waals surface area (Å²) < 4.78 is 0. The maximum absolute atomic E-state index is 12.0. The van der Waals surface area contributed by atoms with Gasteiger partial charge < -0.3 is 10.0 Å². The molecule has 0 fully saturated rings. The van der Waals surface area contributed by atoms with Crippen LogP contribution in [0.3, 0.4) is 0 Å². The Morgan fingerprint density at radius 2 is 2.16 bits per heavy atom. The molecule has 0 aliphatic heterocycles. The van der Waals surface area contributed by atoms with Gasteiger partial charge in [0.05, 0.1) is 12.2 Å². The van der Waals surface area contributed by atoms with E-state index in [0.717, 1.165) is 24.3 Å². The monoisotopic (exact) mass is 262 g/mol. The second-order valence-corrected chi connectivity index (χ2v) is 4.22. The molecule has 5 nitrogen and oxygen atoms in total. The summed E-state index contributed by atoms with van der Waals surface area (Å²) >= 11 is 0. The van der Waals surface area contributed by atoms with Gasteiger partial charge >= 0.3 is 5.97 Å². The van der Waals surface area contributed by atoms with Gasteiger partial charge in [-0.3, -0.25) is 9.78 Å². The lowest BCUT2D eigenvalue weighted by molar-refractivity contribution is -0.133. The second-order valence-electron chi connectivity index (χ2n) is 4.22. The summed E-state index contributed by atoms with van der Waals surface area (Å²) in [6.07, 6.45) is 4.40. The SMILES string of the molecule is CCC(C)N(Cc1ccccn1)C(=O)/C=C/C(=O)O. The fourth-order valence-corrected chi connectivity index (χ4v) is 1.58. The molecule has 0 saturated heterocycles. The van der Waals surface area contributed by atoms with Gasteiger partial charge in [0, 0.05) is 24.4 Å². The largest absolute Gasteiger partial charge is 0.478 e. The van der Waals surface area contributed by atoms with Gasteiger partial charge in [-0.15, -0.1) is 0 Å². The van der Waals surface area contributed by atoms with E-state index in [4.69, 9.17) is 5.11 Å². The number of pyridine rings is 1. The fraction of sp³-hybridized carbons (Fsp3) is 0.357. The molecule has 19 heavy (non-hydrogen) atoms. The van der Waals surface area contributed by atoms with Crippen LogP contribution in [0.5, 0.6) is 0 Å². The molecule has 1 atom stereocenters. The van der Waals surface area contributed by atoms with Gasteiger partial charge in [0.1, 0.15) is 0 Å². The zero-order valence-corrected chi connectivity index (χ0v) is 11.1. The smallest absolute Gasteiger partial charge is 0.328 e. The summed E-state index contributed by atoms with van der Waals surface area (Å²) in [5, 5.41) is 8.56. The summed E-state index contributed by atoms with van der Waals surface area (Å²) in [6, 6.07) is 5.52. The van der Waals surface area contributed by atoms with Crippen molar-refractivity contribution in [2.45, 2.75) is 32.9 Å². The van der Waals surface area contributed by atoms with Crippen molar-refractivity contribution in [1.29, 1.82) is 0 Å². The molecule has 0 saturated carbocycles. The molecule has 0 aliphatic rings. The van der Waals surface area contributed by atoms with Crippen molar-refractivity contribution < 1.29 is 14.7 Å². The van der Waals surface area contributed by atoms with Crippen molar-refractivity contribution in [3.63, 3.8) is 0 Å². The number of amides is 1. The van der Waals surface area contributed by atoms with Gasteiger partial charge in [-0.25, -0.2) is 4.79 Å². The Balaban J connectivity index is 2.83. The Morgan fingerprint density at radius 3 is 2.68 bits per heavy atom. The zero-order valence-electron chi connectivity index (χ0n) is 11.1. The van der Waals surface area contributed by atoms with Gasteiger partial charge in [-0.05, 0) is 25.5 Å². The van der Waals surface area contributed by atoms with E-state index in [9.17, 15) is 9.59 Å². The Labute approximate surface area is 112 Å². The highest BCUT2D eigenvalue weighted by atomic mass is 16.4. The molecular formula is C14H18N2O3. The maximum atomic E-state index is 12.0. The quantitative estimate of drug-likeness (QED) is 0.794. The predicted octanol–water partition coefficient (Wildman–Crippen LogP) is 1.85. The van der Waals surface area contributed by atoms with Gasteiger partial charge in [0.15, 0.2) is 0 Å². The summed E-state index contributed by atoms with van der Waals surface area (Å²) in [7, 11) is 0. The lowest BCUT2D eigenvalue weighted by Crippen LogP contribution is -2.37. The van der Waals surface area contributed by atoms with Gasteiger partial charge in [-0.1, -0.05) is 13.0 Å². The summed E-state index contributed by atoms with van der Waals surface area (Å²) in [5.74, 6) is -1.45. The highest BCUT2D eigenvalue weighted by Crippen LogP contribution is 2.10. The first-order valence-electron chi connectivity index (χ1n) is 6.16. The van der Waals surface area contributed by atoms with Crippen LogP contribution >= 0.6 is 0 Å². The van der Waals surface area contributed by atoms with E-state index in [0.29, 0.717) is 6.54 Å². The molecule has 0 spiro atoms. The normalized spacial score (nSPS) is 12.3. The van der Waals surface area contributed by atoms with Crippen LogP contribution in [-0.2, 0) is 16.1 Å². The van der Waals surface area contributed by atoms with Crippen LogP contribution in [0.2, 0.25) is 0 Å². The van der Waals surface area contributed by atoms with E-state index in [1.54, 1.807) is 11.1 Å². The minimum atomic E-state index is -1.13. The number of carbonyl (C=O) groups excluding carboxylic acids is 1. The molecule has 1 aromatic rings. The zero-order chi connectivity index (χ0) is 14.3. The maximum Gasteiger partial charge on any atom is 0.328 e. The van der Waals surface area contributed by atoms with Crippen molar-refractivity contribution in [2.24, 2.45) is 0 Å². The number of nitrogens with zero attached hydrogens (tertiary/aromatic N) is 2. The van der Waals surface area contributed by atoms with Crippen LogP contribution < -0.4 is 0 Å². The second kappa shape index (κ2) is 7.31. The average Bonchev–Trinajstić information content (AvgIpc) is 2.42. The summed E-state index contributed by atoms with van der Waals surface area (Å²) in [4.78, 5) is 28.2. The molecule has 1 heterocycles. The number of rotatable bonds is 6. The number of carboxylic acid groups (broad SMARTS) is 1. The molecule has 1 unspecified atom stereocenters. The third-order valence-electron chi connectivity index (χ3n) is 2.83. The number of carboxylic acids is 1. The van der Waals surface area contributed by atoms with Crippen LogP contribution in [0.15, 0.2) is 36.5 Å². The highest BCUT2D eigenvalue weighted by molar-refractivity contribution is 5.94. The van der Waals surface area contributed by atoms with Crippen LogP contribution in [-0.4, -0.2) is 32.9 Å². The minimum absolute atomic E-state index is 0.0213. The molecule has 0 radical (unpaired) electrons. The molecule has 5 heteroatoms. The molecule has 0 aliphatic carbocycles. The Morgan fingerprint density at radius 1 is 1.42 bits per heavy atom. The lowest BCUT2D eigenvalue weighted by Gasteiger charge is -2.27. The van der Waals surface area contributed by atoms with Crippen molar-refractivity contribution in [3.8, 4) is 0 Å². The molecule has 1 rings (SSSR count). The Kier molecular flexibility index (Phi) is 5.73. The molecule has 1 N–H and O–H groups in total. The van der Waals surface area contributed by atoms with Crippen LogP contribution in [0.25, 0.3) is 0 Å². The third-order valence-corrected chi connectivity index (χ3v) is 2.83. The third kappa shape index (κ3) is 4.91. The Hall–Kier alpha value is -2.17. The Bertz CT molecular complexity index is 457. The standard InChI is InChI=1S/C14H18N2O3/c1-3-11(2)16(13(17)7-8-14(18)19)10-12-6-4-5-9-15-12/h4-9,11H,3,10H2,1-2H3,(H,18,19)/b8-7+. The van der Waals surface area contributed by atoms with Crippen LogP contribution in [0.4, 0.5) is 0 Å². The van der Waals surface area contributed by atoms with E-state index in [-0.39, 0.29) is 11.9 Å². The highest BCUT2D eigenvalue weighted by Gasteiger charge is 2.17. The van der Waals surface area contributed by atoms with Crippen molar-refractivity contribution >= 4 is 11.9 Å². The first kappa shape index (κ1) is 14.9. The molecule has 1 aromatic heterocycles. The summed E-state index contributed by atoms with van der Waals surface area (Å²) in [5.41, 5.74) is 0.778. The first-order chi connectivity index (χ1) is 9.04. The topological polar surface area (TPSA) is 70.5 Å². The average molecular weight is 262 g/mol. The van der Waals surface area contributed by atoms with E-state index in [1.165, 1.54) is 0 Å². The lowest BCUT2D eigenvalue weighted by atomic mass is 10.2. The van der Waals surface area contributed by atoms with E-state index < -0.39 is 5.97 Å². The van der Waals surface area contributed by atoms with E-state index in [2.05, 4.69) is 4.98 Å². The van der Waals surface area contributed by atoms with Crippen molar-refractivity contribution in [1.82, 2.24) is 9.88 Å². The number of aliphatic carboxylic acids is 1. The molecule has 0 bridgehead atoms. The van der Waals surface area contributed by atoms with Crippen molar-refractivity contribution in [2.75, 3.05) is 0 Å². The number of aromatic nitrogens is 1. The summed E-state index contributed by atoms with van der Waals surface area (Å²) in [6.45, 7) is 4.28. The number of hydrogen-bond acceptors (Lipinski definition) is 3. The minimum Gasteiger partial charge on any atom is -0.478 e. The fourth-order valence-electron chi connectivity index (χ4n) is 1.58. The molecule has 1 amide bonds. The van der Waals surface area contributed by atoms with Crippen LogP contribution in [0, 0.1) is 0 Å². The number of hydrogen-bond donors (Lipinski definition) is 1. The van der Waals surface area contributed by atoms with Crippen molar-refractivity contribution in [3.05, 3.63) is 42.2 Å². The molecular weight excluding hydrogens is 244 g/mol. The molecule has 0 aromatic carbocycles. The van der Waals surface area contributed by atoms with Crippen LogP contribution in [0.1, 0.15) is 26.0 Å². The van der Waals surface area contributed by atoms with E-state index >= 15 is 0 Å². The van der Waals surface area contributed by atoms with Gasteiger partial charge in [-0.2, -0.15) is 0 Å². The molecule has 102 valence electrons. The first-order valence-corrected chi connectivity index (χ1v) is 6.16. The van der Waals surface area contributed by atoms with Gasteiger partial charge in [0.2, 0.25) is 5.91 Å². The van der Waals surface area contributed by atoms with E-state index in [1.807, 2.05) is 32.0 Å². The number of carbonyl (C=O) groups is 2. The van der Waals surface area contributed by atoms with Gasteiger partial charge in [0.25, 0.3) is 0 Å².